The molecular formula is C12H17N3O. The molecule has 0 saturated heterocycles. The van der Waals surface area contributed by atoms with E-state index in [0.717, 1.165) is 24.6 Å². The molecule has 1 aromatic heterocycles. The third kappa shape index (κ3) is 2.32. The molecule has 4 heteroatoms. The van der Waals surface area contributed by atoms with Crippen molar-refractivity contribution in [3.63, 3.8) is 0 Å². The molecule has 1 aliphatic rings. The second kappa shape index (κ2) is 4.51. The summed E-state index contributed by atoms with van der Waals surface area (Å²) >= 11 is 0. The first-order valence-corrected chi connectivity index (χ1v) is 5.66. The van der Waals surface area contributed by atoms with Crippen molar-refractivity contribution in [1.82, 2.24) is 4.98 Å². The average molecular weight is 219 g/mol. The zero-order valence-electron chi connectivity index (χ0n) is 9.73. The average Bonchev–Trinajstić information content (AvgIpc) is 2.38. The van der Waals surface area contributed by atoms with Gasteiger partial charge in [-0.1, -0.05) is 13.8 Å². The van der Waals surface area contributed by atoms with Crippen molar-refractivity contribution in [2.75, 3.05) is 23.3 Å². The van der Waals surface area contributed by atoms with E-state index < -0.39 is 0 Å². The summed E-state index contributed by atoms with van der Waals surface area (Å²) in [7, 11) is 0. The molecule has 1 N–H and O–H groups in total. The third-order valence-electron chi connectivity index (χ3n) is 2.55. The van der Waals surface area contributed by atoms with Crippen LogP contribution in [0.25, 0.3) is 0 Å². The van der Waals surface area contributed by atoms with Crippen LogP contribution in [0.5, 0.6) is 0 Å². The van der Waals surface area contributed by atoms with Crippen molar-refractivity contribution in [3.05, 3.63) is 18.3 Å². The molecule has 0 saturated carbocycles. The van der Waals surface area contributed by atoms with Crippen molar-refractivity contribution in [2.45, 2.75) is 20.3 Å². The molecule has 0 unspecified atom stereocenters. The zero-order chi connectivity index (χ0) is 11.5. The van der Waals surface area contributed by atoms with Crippen LogP contribution in [-0.2, 0) is 4.79 Å². The normalized spacial score (nSPS) is 15.7. The number of hydrogen-bond donors (Lipinski definition) is 1. The number of carbonyl (C=O) groups excluding carboxylic acids is 1. The van der Waals surface area contributed by atoms with Gasteiger partial charge in [-0.3, -0.25) is 4.79 Å². The maximum atomic E-state index is 11.5. The number of hydrogen-bond acceptors (Lipinski definition) is 3. The van der Waals surface area contributed by atoms with Crippen LogP contribution >= 0.6 is 0 Å². The van der Waals surface area contributed by atoms with Gasteiger partial charge >= 0.3 is 0 Å². The van der Waals surface area contributed by atoms with E-state index in [4.69, 9.17) is 0 Å². The SMILES string of the molecule is CC(C)CN1CCC(=O)Nc2cccnc21. The van der Waals surface area contributed by atoms with Gasteiger partial charge in [-0.15, -0.1) is 0 Å². The van der Waals surface area contributed by atoms with Crippen LogP contribution in [0.4, 0.5) is 11.5 Å². The van der Waals surface area contributed by atoms with Gasteiger partial charge in [0.2, 0.25) is 5.91 Å². The first kappa shape index (κ1) is 10.9. The van der Waals surface area contributed by atoms with Gasteiger partial charge in [0.25, 0.3) is 0 Å². The number of carbonyl (C=O) groups is 1. The molecule has 86 valence electrons. The summed E-state index contributed by atoms with van der Waals surface area (Å²) in [5, 5.41) is 2.88. The monoisotopic (exact) mass is 219 g/mol. The highest BCUT2D eigenvalue weighted by molar-refractivity contribution is 5.95. The molecule has 2 heterocycles. The first-order valence-electron chi connectivity index (χ1n) is 5.66. The van der Waals surface area contributed by atoms with Crippen LogP contribution in [0.15, 0.2) is 18.3 Å². The second-order valence-corrected chi connectivity index (χ2v) is 4.51. The Hall–Kier alpha value is -1.58. The van der Waals surface area contributed by atoms with Gasteiger partial charge in [0.15, 0.2) is 5.82 Å². The highest BCUT2D eigenvalue weighted by Crippen LogP contribution is 2.26. The number of fused-ring (bicyclic) bond motifs is 1. The van der Waals surface area contributed by atoms with Crippen LogP contribution in [0.3, 0.4) is 0 Å². The lowest BCUT2D eigenvalue weighted by Crippen LogP contribution is -2.29. The summed E-state index contributed by atoms with van der Waals surface area (Å²) in [4.78, 5) is 18.0. The summed E-state index contributed by atoms with van der Waals surface area (Å²) in [5.74, 6) is 1.52. The van der Waals surface area contributed by atoms with Gasteiger partial charge in [0, 0.05) is 25.7 Å². The summed E-state index contributed by atoms with van der Waals surface area (Å²) in [6, 6.07) is 3.75. The lowest BCUT2D eigenvalue weighted by atomic mass is 10.2. The smallest absolute Gasteiger partial charge is 0.226 e. The Balaban J connectivity index is 2.30. The van der Waals surface area contributed by atoms with E-state index in [9.17, 15) is 4.79 Å². The lowest BCUT2D eigenvalue weighted by Gasteiger charge is -2.24. The summed E-state index contributed by atoms with van der Waals surface area (Å²) in [5.41, 5.74) is 0.825. The van der Waals surface area contributed by atoms with Crippen molar-refractivity contribution >= 4 is 17.4 Å². The Labute approximate surface area is 95.7 Å². The van der Waals surface area contributed by atoms with Crippen LogP contribution in [0, 0.1) is 5.92 Å². The highest BCUT2D eigenvalue weighted by Gasteiger charge is 2.20. The zero-order valence-corrected chi connectivity index (χ0v) is 9.73. The molecule has 0 bridgehead atoms. The van der Waals surface area contributed by atoms with Gasteiger partial charge < -0.3 is 10.2 Å². The van der Waals surface area contributed by atoms with Gasteiger partial charge in [-0.25, -0.2) is 4.98 Å². The summed E-state index contributed by atoms with van der Waals surface area (Å²) in [6.07, 6.45) is 2.30. The fourth-order valence-corrected chi connectivity index (χ4v) is 1.92. The predicted octanol–water partition coefficient (Wildman–Crippen LogP) is 1.89. The molecule has 16 heavy (non-hydrogen) atoms. The Kier molecular flexibility index (Phi) is 3.08. The van der Waals surface area contributed by atoms with Gasteiger partial charge in [-0.2, -0.15) is 0 Å². The fraction of sp³-hybridized carbons (Fsp3) is 0.500. The first-order chi connectivity index (χ1) is 7.66. The molecule has 0 radical (unpaired) electrons. The minimum atomic E-state index is 0.0699. The van der Waals surface area contributed by atoms with Crippen molar-refractivity contribution in [2.24, 2.45) is 5.92 Å². The Morgan fingerprint density at radius 3 is 3.12 bits per heavy atom. The number of rotatable bonds is 2. The molecule has 0 aliphatic carbocycles. The van der Waals surface area contributed by atoms with E-state index in [1.807, 2.05) is 12.1 Å². The summed E-state index contributed by atoms with van der Waals surface area (Å²) < 4.78 is 0. The fourth-order valence-electron chi connectivity index (χ4n) is 1.92. The Morgan fingerprint density at radius 2 is 2.38 bits per heavy atom. The number of pyridine rings is 1. The van der Waals surface area contributed by atoms with Crippen molar-refractivity contribution < 1.29 is 4.79 Å². The van der Waals surface area contributed by atoms with Crippen LogP contribution in [-0.4, -0.2) is 24.0 Å². The largest absolute Gasteiger partial charge is 0.354 e. The van der Waals surface area contributed by atoms with Crippen molar-refractivity contribution in [1.29, 1.82) is 0 Å². The Bertz CT molecular complexity index is 390. The van der Waals surface area contributed by atoms with Crippen LogP contribution in [0.1, 0.15) is 20.3 Å². The number of anilines is 2. The Morgan fingerprint density at radius 1 is 1.56 bits per heavy atom. The van der Waals surface area contributed by atoms with E-state index in [2.05, 4.69) is 29.0 Å². The third-order valence-corrected chi connectivity index (χ3v) is 2.55. The molecule has 1 amide bonds. The molecule has 1 aliphatic heterocycles. The van der Waals surface area contributed by atoms with Crippen LogP contribution < -0.4 is 10.2 Å². The number of nitrogens with zero attached hydrogens (tertiary/aromatic N) is 2. The second-order valence-electron chi connectivity index (χ2n) is 4.51. The quantitative estimate of drug-likeness (QED) is 0.826. The van der Waals surface area contributed by atoms with E-state index >= 15 is 0 Å². The molecule has 0 spiro atoms. The number of amides is 1. The topological polar surface area (TPSA) is 45.2 Å². The number of aromatic nitrogens is 1. The van der Waals surface area contributed by atoms with E-state index in [1.165, 1.54) is 0 Å². The maximum Gasteiger partial charge on any atom is 0.226 e. The van der Waals surface area contributed by atoms with E-state index in [-0.39, 0.29) is 5.91 Å². The predicted molar refractivity (Wildman–Crippen MR) is 64.5 cm³/mol. The van der Waals surface area contributed by atoms with Gasteiger partial charge in [0.05, 0.1) is 5.69 Å². The van der Waals surface area contributed by atoms with E-state index in [1.54, 1.807) is 6.20 Å². The van der Waals surface area contributed by atoms with Gasteiger partial charge in [0.1, 0.15) is 0 Å². The van der Waals surface area contributed by atoms with Crippen LogP contribution in [0.2, 0.25) is 0 Å². The molecular weight excluding hydrogens is 202 g/mol. The van der Waals surface area contributed by atoms with E-state index in [0.29, 0.717) is 12.3 Å². The standard InChI is InChI=1S/C12H17N3O/c1-9(2)8-15-7-5-11(16)14-10-4-3-6-13-12(10)15/h3-4,6,9H,5,7-8H2,1-2H3,(H,14,16). The number of nitrogens with one attached hydrogen (secondary N) is 1. The molecule has 4 nitrogen and oxygen atoms in total. The molecule has 0 aromatic carbocycles. The van der Waals surface area contributed by atoms with Crippen molar-refractivity contribution in [3.8, 4) is 0 Å². The summed E-state index contributed by atoms with van der Waals surface area (Å²) in [6.45, 7) is 6.01. The maximum absolute atomic E-state index is 11.5. The minimum absolute atomic E-state index is 0.0699. The lowest BCUT2D eigenvalue weighted by molar-refractivity contribution is -0.115. The van der Waals surface area contributed by atoms with Gasteiger partial charge in [-0.05, 0) is 18.1 Å². The molecule has 2 rings (SSSR count). The molecule has 1 aromatic rings. The minimum Gasteiger partial charge on any atom is -0.354 e. The highest BCUT2D eigenvalue weighted by atomic mass is 16.1. The molecule has 0 atom stereocenters. The molecule has 0 fully saturated rings.